The maximum atomic E-state index is 11.2. The van der Waals surface area contributed by atoms with Crippen molar-refractivity contribution in [2.45, 2.75) is 18.9 Å². The number of carbonyl (C=O) groups is 1. The molecule has 1 aliphatic rings. The number of ether oxygens (including phenoxy) is 1. The van der Waals surface area contributed by atoms with Gasteiger partial charge in [-0.2, -0.15) is 0 Å². The predicted octanol–water partition coefficient (Wildman–Crippen LogP) is 2.49. The summed E-state index contributed by atoms with van der Waals surface area (Å²) in [6.45, 7) is 6.98. The molecular formula is C16H21ClN2O2. The third kappa shape index (κ3) is 5.40. The molecule has 0 aliphatic carbocycles. The van der Waals surface area contributed by atoms with E-state index in [1.54, 1.807) is 0 Å². The first kappa shape index (κ1) is 15.9. The number of likely N-dealkylation sites (tertiary alicyclic amines) is 1. The van der Waals surface area contributed by atoms with E-state index in [2.05, 4.69) is 16.8 Å². The fourth-order valence-electron chi connectivity index (χ4n) is 2.38. The van der Waals surface area contributed by atoms with Gasteiger partial charge in [-0.3, -0.25) is 9.69 Å². The zero-order chi connectivity index (χ0) is 15.1. The monoisotopic (exact) mass is 308 g/mol. The highest BCUT2D eigenvalue weighted by Gasteiger charge is 2.19. The highest BCUT2D eigenvalue weighted by atomic mass is 35.5. The van der Waals surface area contributed by atoms with Crippen LogP contribution in [0.15, 0.2) is 36.9 Å². The van der Waals surface area contributed by atoms with Crippen molar-refractivity contribution < 1.29 is 9.53 Å². The van der Waals surface area contributed by atoms with Crippen molar-refractivity contribution in [1.82, 2.24) is 10.2 Å². The molecule has 0 atom stereocenters. The van der Waals surface area contributed by atoms with E-state index in [4.69, 9.17) is 16.3 Å². The van der Waals surface area contributed by atoms with E-state index >= 15 is 0 Å². The van der Waals surface area contributed by atoms with Gasteiger partial charge in [-0.25, -0.2) is 0 Å². The van der Waals surface area contributed by atoms with Gasteiger partial charge >= 0.3 is 0 Å². The van der Waals surface area contributed by atoms with Gasteiger partial charge in [0, 0.05) is 30.7 Å². The Morgan fingerprint density at radius 1 is 1.38 bits per heavy atom. The van der Waals surface area contributed by atoms with E-state index in [9.17, 15) is 4.79 Å². The molecule has 0 unspecified atom stereocenters. The van der Waals surface area contributed by atoms with Crippen LogP contribution < -0.4 is 10.1 Å². The molecule has 4 nitrogen and oxygen atoms in total. The maximum Gasteiger partial charge on any atom is 0.243 e. The molecule has 21 heavy (non-hydrogen) atoms. The Morgan fingerprint density at radius 3 is 2.67 bits per heavy atom. The lowest BCUT2D eigenvalue weighted by Crippen LogP contribution is -2.45. The largest absolute Gasteiger partial charge is 0.492 e. The van der Waals surface area contributed by atoms with E-state index in [-0.39, 0.29) is 11.9 Å². The van der Waals surface area contributed by atoms with E-state index in [1.165, 1.54) is 6.08 Å². The van der Waals surface area contributed by atoms with Crippen LogP contribution in [0.25, 0.3) is 0 Å². The van der Waals surface area contributed by atoms with Crippen molar-refractivity contribution in [1.29, 1.82) is 0 Å². The first-order valence-electron chi connectivity index (χ1n) is 7.21. The molecule has 0 aromatic heterocycles. The van der Waals surface area contributed by atoms with Gasteiger partial charge in [0.1, 0.15) is 12.4 Å². The lowest BCUT2D eigenvalue weighted by Gasteiger charge is -2.32. The summed E-state index contributed by atoms with van der Waals surface area (Å²) in [4.78, 5) is 13.6. The van der Waals surface area contributed by atoms with Gasteiger partial charge in [0.15, 0.2) is 0 Å². The summed E-state index contributed by atoms with van der Waals surface area (Å²) in [5.74, 6) is 0.757. The van der Waals surface area contributed by atoms with Crippen molar-refractivity contribution in [3.63, 3.8) is 0 Å². The predicted molar refractivity (Wildman–Crippen MR) is 84.7 cm³/mol. The molecule has 5 heteroatoms. The molecule has 1 amide bonds. The maximum absolute atomic E-state index is 11.2. The molecular weight excluding hydrogens is 288 g/mol. The van der Waals surface area contributed by atoms with Crippen LogP contribution in [0.1, 0.15) is 12.8 Å². The van der Waals surface area contributed by atoms with Gasteiger partial charge in [0.05, 0.1) is 0 Å². The van der Waals surface area contributed by atoms with Gasteiger partial charge in [-0.05, 0) is 43.2 Å². The molecule has 1 aromatic rings. The highest BCUT2D eigenvalue weighted by Crippen LogP contribution is 2.16. The van der Waals surface area contributed by atoms with Gasteiger partial charge in [0.2, 0.25) is 5.91 Å². The molecule has 0 radical (unpaired) electrons. The molecule has 1 heterocycles. The molecule has 0 bridgehead atoms. The fourth-order valence-corrected chi connectivity index (χ4v) is 2.51. The number of nitrogens with one attached hydrogen (secondary N) is 1. The van der Waals surface area contributed by atoms with Crippen LogP contribution in [-0.2, 0) is 4.79 Å². The first-order valence-corrected chi connectivity index (χ1v) is 7.59. The normalized spacial score (nSPS) is 16.4. The van der Waals surface area contributed by atoms with Crippen LogP contribution in [0, 0.1) is 0 Å². The van der Waals surface area contributed by atoms with Gasteiger partial charge < -0.3 is 10.1 Å². The van der Waals surface area contributed by atoms with Crippen molar-refractivity contribution in [3.05, 3.63) is 41.9 Å². The topological polar surface area (TPSA) is 41.6 Å². The standard InChI is InChI=1S/C16H21ClN2O2/c1-2-16(20)18-14-7-9-19(10-8-14)11-12-21-15-5-3-13(17)4-6-15/h2-6,14H,1,7-12H2,(H,18,20). The zero-order valence-corrected chi connectivity index (χ0v) is 12.8. The minimum Gasteiger partial charge on any atom is -0.492 e. The second kappa shape index (κ2) is 8.05. The second-order valence-electron chi connectivity index (χ2n) is 5.13. The number of hydrogen-bond donors (Lipinski definition) is 1. The van der Waals surface area contributed by atoms with Crippen molar-refractivity contribution >= 4 is 17.5 Å². The van der Waals surface area contributed by atoms with E-state index in [0.29, 0.717) is 11.6 Å². The van der Waals surface area contributed by atoms with E-state index in [0.717, 1.165) is 38.2 Å². The van der Waals surface area contributed by atoms with E-state index < -0.39 is 0 Å². The summed E-state index contributed by atoms with van der Waals surface area (Å²) < 4.78 is 5.69. The quantitative estimate of drug-likeness (QED) is 0.821. The molecule has 114 valence electrons. The summed E-state index contributed by atoms with van der Waals surface area (Å²) in [6.07, 6.45) is 3.27. The fraction of sp³-hybridized carbons (Fsp3) is 0.438. The number of amides is 1. The molecule has 0 saturated carbocycles. The Hall–Kier alpha value is -1.52. The van der Waals surface area contributed by atoms with E-state index in [1.807, 2.05) is 24.3 Å². The molecule has 0 spiro atoms. The summed E-state index contributed by atoms with van der Waals surface area (Å²) in [7, 11) is 0. The molecule has 1 aromatic carbocycles. The Morgan fingerprint density at radius 2 is 2.05 bits per heavy atom. The smallest absolute Gasteiger partial charge is 0.243 e. The van der Waals surface area contributed by atoms with Crippen molar-refractivity contribution in [2.24, 2.45) is 0 Å². The minimum atomic E-state index is -0.0838. The van der Waals surface area contributed by atoms with Gasteiger partial charge in [0.25, 0.3) is 0 Å². The number of rotatable bonds is 6. The third-order valence-corrected chi connectivity index (χ3v) is 3.86. The van der Waals surface area contributed by atoms with Crippen LogP contribution >= 0.6 is 11.6 Å². The number of nitrogens with zero attached hydrogens (tertiary/aromatic N) is 1. The van der Waals surface area contributed by atoms with Crippen molar-refractivity contribution in [3.8, 4) is 5.75 Å². The number of benzene rings is 1. The molecule has 1 aliphatic heterocycles. The summed E-state index contributed by atoms with van der Waals surface area (Å²) in [5, 5.41) is 3.66. The average Bonchev–Trinajstić information content (AvgIpc) is 2.51. The SMILES string of the molecule is C=CC(=O)NC1CCN(CCOc2ccc(Cl)cc2)CC1. The first-order chi connectivity index (χ1) is 10.2. The van der Waals surface area contributed by atoms with Crippen LogP contribution in [0.3, 0.4) is 0 Å². The lowest BCUT2D eigenvalue weighted by molar-refractivity contribution is -0.117. The third-order valence-electron chi connectivity index (χ3n) is 3.61. The summed E-state index contributed by atoms with van der Waals surface area (Å²) in [5.41, 5.74) is 0. The van der Waals surface area contributed by atoms with Gasteiger partial charge in [-0.15, -0.1) is 0 Å². The molecule has 1 saturated heterocycles. The average molecular weight is 309 g/mol. The van der Waals surface area contributed by atoms with Crippen LogP contribution in [-0.4, -0.2) is 43.1 Å². The Bertz CT molecular complexity index is 468. The van der Waals surface area contributed by atoms with Crippen LogP contribution in [0.2, 0.25) is 5.02 Å². The molecule has 2 rings (SSSR count). The lowest BCUT2D eigenvalue weighted by atomic mass is 10.1. The number of halogens is 1. The van der Waals surface area contributed by atoms with Crippen LogP contribution in [0.5, 0.6) is 5.75 Å². The van der Waals surface area contributed by atoms with Crippen molar-refractivity contribution in [2.75, 3.05) is 26.2 Å². The summed E-state index contributed by atoms with van der Waals surface area (Å²) >= 11 is 5.83. The molecule has 1 N–H and O–H groups in total. The summed E-state index contributed by atoms with van der Waals surface area (Å²) in [6, 6.07) is 7.66. The van der Waals surface area contributed by atoms with Crippen LogP contribution in [0.4, 0.5) is 0 Å². The highest BCUT2D eigenvalue weighted by molar-refractivity contribution is 6.30. The van der Waals surface area contributed by atoms with Gasteiger partial charge in [-0.1, -0.05) is 18.2 Å². The number of hydrogen-bond acceptors (Lipinski definition) is 3. The Labute approximate surface area is 130 Å². The number of piperidine rings is 1. The zero-order valence-electron chi connectivity index (χ0n) is 12.1. The Kier molecular flexibility index (Phi) is 6.08. The number of carbonyl (C=O) groups excluding carboxylic acids is 1. The minimum absolute atomic E-state index is 0.0838. The Balaban J connectivity index is 1.63. The molecule has 1 fully saturated rings. The second-order valence-corrected chi connectivity index (χ2v) is 5.57.